The van der Waals surface area contributed by atoms with Gasteiger partial charge < -0.3 is 15.2 Å². The third-order valence-corrected chi connectivity index (χ3v) is 6.72. The first-order valence-electron chi connectivity index (χ1n) is 10.4. The molecule has 1 fully saturated rings. The fourth-order valence-electron chi connectivity index (χ4n) is 3.75. The minimum Gasteiger partial charge on any atom is -0.490 e. The van der Waals surface area contributed by atoms with E-state index in [-0.39, 0.29) is 23.7 Å². The van der Waals surface area contributed by atoms with Crippen LogP contribution in [-0.2, 0) is 4.79 Å². The van der Waals surface area contributed by atoms with Gasteiger partial charge in [-0.05, 0) is 74.9 Å². The van der Waals surface area contributed by atoms with E-state index >= 15 is 0 Å². The van der Waals surface area contributed by atoms with E-state index in [1.54, 1.807) is 24.3 Å². The van der Waals surface area contributed by atoms with Crippen molar-refractivity contribution >= 4 is 40.6 Å². The lowest BCUT2D eigenvalue weighted by Gasteiger charge is -2.27. The van der Waals surface area contributed by atoms with Crippen LogP contribution < -0.4 is 10.1 Å². The van der Waals surface area contributed by atoms with Crippen LogP contribution in [0.4, 0.5) is 0 Å². The SMILES string of the molecule is Cc1cc(OC2CCC(C(=O)O)CC2)ccc1C(=O)CCCNC(=O)c1ccc(Cl)s1. The van der Waals surface area contributed by atoms with Gasteiger partial charge in [0.25, 0.3) is 5.91 Å². The zero-order valence-electron chi connectivity index (χ0n) is 17.4. The number of ether oxygens (including phenoxy) is 1. The van der Waals surface area contributed by atoms with Crippen molar-refractivity contribution in [1.29, 1.82) is 0 Å². The Kier molecular flexibility index (Phi) is 8.09. The minimum absolute atomic E-state index is 0.0124. The maximum absolute atomic E-state index is 12.6. The first-order valence-corrected chi connectivity index (χ1v) is 11.6. The zero-order chi connectivity index (χ0) is 22.4. The molecule has 1 aliphatic rings. The number of carboxylic acid groups (broad SMARTS) is 1. The van der Waals surface area contributed by atoms with Gasteiger partial charge in [-0.25, -0.2) is 0 Å². The molecule has 0 aliphatic heterocycles. The standard InChI is InChI=1S/C23H26ClNO5S/c1-14-13-17(30-16-6-4-15(5-7-16)23(28)29)8-9-18(14)19(26)3-2-12-25-22(27)20-10-11-21(24)31-20/h8-11,13,15-16H,2-7,12H2,1H3,(H,25,27)(H,28,29). The number of ketones is 1. The summed E-state index contributed by atoms with van der Waals surface area (Å²) in [6.45, 7) is 2.29. The first kappa shape index (κ1) is 23.3. The van der Waals surface area contributed by atoms with Crippen molar-refractivity contribution in [3.63, 3.8) is 0 Å². The molecule has 2 N–H and O–H groups in total. The van der Waals surface area contributed by atoms with Crippen molar-refractivity contribution in [2.24, 2.45) is 5.92 Å². The van der Waals surface area contributed by atoms with Crippen LogP contribution in [0.25, 0.3) is 0 Å². The molecule has 0 radical (unpaired) electrons. The number of carbonyl (C=O) groups is 3. The molecule has 1 heterocycles. The van der Waals surface area contributed by atoms with Crippen molar-refractivity contribution in [1.82, 2.24) is 5.32 Å². The van der Waals surface area contributed by atoms with Gasteiger partial charge in [-0.15, -0.1) is 11.3 Å². The molecule has 1 aliphatic carbocycles. The molecule has 0 bridgehead atoms. The Hall–Kier alpha value is -2.38. The molecule has 166 valence electrons. The van der Waals surface area contributed by atoms with Crippen molar-refractivity contribution in [3.8, 4) is 5.75 Å². The van der Waals surface area contributed by atoms with E-state index in [4.69, 9.17) is 21.4 Å². The lowest BCUT2D eigenvalue weighted by atomic mass is 9.87. The second kappa shape index (κ2) is 10.8. The molecule has 1 saturated carbocycles. The fraction of sp³-hybridized carbons (Fsp3) is 0.435. The van der Waals surface area contributed by atoms with Gasteiger partial charge in [0.2, 0.25) is 0 Å². The topological polar surface area (TPSA) is 92.7 Å². The van der Waals surface area contributed by atoms with Crippen molar-refractivity contribution in [3.05, 3.63) is 50.7 Å². The Labute approximate surface area is 190 Å². The summed E-state index contributed by atoms with van der Waals surface area (Å²) < 4.78 is 6.57. The normalized spacial score (nSPS) is 18.4. The van der Waals surface area contributed by atoms with Gasteiger partial charge in [0.15, 0.2) is 5.78 Å². The summed E-state index contributed by atoms with van der Waals surface area (Å²) in [7, 11) is 0. The van der Waals surface area contributed by atoms with E-state index in [0.29, 0.717) is 52.8 Å². The highest BCUT2D eigenvalue weighted by Crippen LogP contribution is 2.29. The van der Waals surface area contributed by atoms with Gasteiger partial charge in [-0.3, -0.25) is 14.4 Å². The molecular formula is C23H26ClNO5S. The Morgan fingerprint density at radius 1 is 1.16 bits per heavy atom. The van der Waals surface area contributed by atoms with E-state index in [9.17, 15) is 14.4 Å². The smallest absolute Gasteiger partial charge is 0.306 e. The maximum atomic E-state index is 12.6. The molecule has 1 amide bonds. The molecular weight excluding hydrogens is 438 g/mol. The van der Waals surface area contributed by atoms with Crippen molar-refractivity contribution in [2.75, 3.05) is 6.54 Å². The second-order valence-electron chi connectivity index (χ2n) is 7.79. The van der Waals surface area contributed by atoms with Crippen LogP contribution in [0, 0.1) is 12.8 Å². The highest BCUT2D eigenvalue weighted by atomic mass is 35.5. The number of nitrogens with one attached hydrogen (secondary N) is 1. The Morgan fingerprint density at radius 2 is 1.90 bits per heavy atom. The van der Waals surface area contributed by atoms with E-state index in [2.05, 4.69) is 5.32 Å². The van der Waals surface area contributed by atoms with Crippen LogP contribution in [-0.4, -0.2) is 35.4 Å². The number of benzene rings is 1. The van der Waals surface area contributed by atoms with E-state index in [0.717, 1.165) is 18.4 Å². The number of hydrogen-bond acceptors (Lipinski definition) is 5. The second-order valence-corrected chi connectivity index (χ2v) is 9.51. The molecule has 3 rings (SSSR count). The summed E-state index contributed by atoms with van der Waals surface area (Å²) in [5.74, 6) is -0.448. The number of amides is 1. The average molecular weight is 464 g/mol. The van der Waals surface area contributed by atoms with Crippen LogP contribution >= 0.6 is 22.9 Å². The number of hydrogen-bond donors (Lipinski definition) is 2. The molecule has 1 aromatic carbocycles. The monoisotopic (exact) mass is 463 g/mol. The average Bonchev–Trinajstić information content (AvgIpc) is 3.18. The van der Waals surface area contributed by atoms with Crippen molar-refractivity contribution in [2.45, 2.75) is 51.6 Å². The molecule has 8 heteroatoms. The lowest BCUT2D eigenvalue weighted by molar-refractivity contribution is -0.143. The quantitative estimate of drug-likeness (QED) is 0.397. The predicted octanol–water partition coefficient (Wildman–Crippen LogP) is 5.13. The molecule has 31 heavy (non-hydrogen) atoms. The maximum Gasteiger partial charge on any atom is 0.306 e. The Bertz CT molecular complexity index is 949. The van der Waals surface area contributed by atoms with Crippen LogP contribution in [0.15, 0.2) is 30.3 Å². The number of rotatable bonds is 9. The minimum atomic E-state index is -0.729. The summed E-state index contributed by atoms with van der Waals surface area (Å²) in [5, 5.41) is 11.9. The van der Waals surface area contributed by atoms with Crippen LogP contribution in [0.3, 0.4) is 0 Å². The summed E-state index contributed by atoms with van der Waals surface area (Å²) >= 11 is 7.06. The predicted molar refractivity (Wildman–Crippen MR) is 120 cm³/mol. The van der Waals surface area contributed by atoms with Gasteiger partial charge in [0.1, 0.15) is 5.75 Å². The first-order chi connectivity index (χ1) is 14.8. The van der Waals surface area contributed by atoms with Crippen LogP contribution in [0.5, 0.6) is 5.75 Å². The number of thiophene rings is 1. The summed E-state index contributed by atoms with van der Waals surface area (Å²) in [6, 6.07) is 8.80. The number of aryl methyl sites for hydroxylation is 1. The van der Waals surface area contributed by atoms with Crippen LogP contribution in [0.2, 0.25) is 4.34 Å². The van der Waals surface area contributed by atoms with E-state index in [1.165, 1.54) is 11.3 Å². The fourth-order valence-corrected chi connectivity index (χ4v) is 4.71. The number of aliphatic carboxylic acids is 1. The highest BCUT2D eigenvalue weighted by molar-refractivity contribution is 7.17. The van der Waals surface area contributed by atoms with Gasteiger partial charge >= 0.3 is 5.97 Å². The molecule has 1 aromatic heterocycles. The number of carboxylic acids is 1. The molecule has 6 nitrogen and oxygen atoms in total. The Balaban J connectivity index is 1.44. The molecule has 0 atom stereocenters. The summed E-state index contributed by atoms with van der Waals surface area (Å²) in [5.41, 5.74) is 1.50. The third-order valence-electron chi connectivity index (χ3n) is 5.49. The van der Waals surface area contributed by atoms with Gasteiger partial charge in [0, 0.05) is 18.5 Å². The summed E-state index contributed by atoms with van der Waals surface area (Å²) in [4.78, 5) is 36.2. The van der Waals surface area contributed by atoms with Gasteiger partial charge in [-0.2, -0.15) is 0 Å². The number of Topliss-reactive ketones (excluding diaryl/α,β-unsaturated/α-hetero) is 1. The molecule has 2 aromatic rings. The van der Waals surface area contributed by atoms with E-state index < -0.39 is 5.97 Å². The van der Waals surface area contributed by atoms with Gasteiger partial charge in [0.05, 0.1) is 21.2 Å². The summed E-state index contributed by atoms with van der Waals surface area (Å²) in [6.07, 6.45) is 3.61. The zero-order valence-corrected chi connectivity index (χ0v) is 18.9. The van der Waals surface area contributed by atoms with E-state index in [1.807, 2.05) is 13.0 Å². The largest absolute Gasteiger partial charge is 0.490 e. The highest BCUT2D eigenvalue weighted by Gasteiger charge is 2.27. The number of halogens is 1. The third kappa shape index (κ3) is 6.55. The van der Waals surface area contributed by atoms with Crippen molar-refractivity contribution < 1.29 is 24.2 Å². The lowest BCUT2D eigenvalue weighted by Crippen LogP contribution is -2.27. The molecule has 0 spiro atoms. The van der Waals surface area contributed by atoms with Gasteiger partial charge in [-0.1, -0.05) is 11.6 Å². The molecule has 0 unspecified atom stereocenters. The Morgan fingerprint density at radius 3 is 2.52 bits per heavy atom. The molecule has 0 saturated heterocycles. The number of carbonyl (C=O) groups excluding carboxylic acids is 2. The van der Waals surface area contributed by atoms with Crippen LogP contribution in [0.1, 0.15) is 64.1 Å².